The van der Waals surface area contributed by atoms with Crippen LogP contribution >= 0.6 is 0 Å². The van der Waals surface area contributed by atoms with Gasteiger partial charge in [-0.1, -0.05) is 74.5 Å². The number of hydrogen-bond acceptors (Lipinski definition) is 5. The van der Waals surface area contributed by atoms with Gasteiger partial charge in [0.2, 0.25) is 5.91 Å². The van der Waals surface area contributed by atoms with Gasteiger partial charge in [0.15, 0.2) is 5.78 Å². The van der Waals surface area contributed by atoms with Crippen molar-refractivity contribution in [1.29, 1.82) is 0 Å². The van der Waals surface area contributed by atoms with E-state index < -0.39 is 24.1 Å². The molecule has 2 amide bonds. The largest absolute Gasteiger partial charge is 0.497 e. The predicted octanol–water partition coefficient (Wildman–Crippen LogP) is 4.56. The summed E-state index contributed by atoms with van der Waals surface area (Å²) in [4.78, 5) is 39.1. The molecule has 0 aliphatic heterocycles. The first-order valence-corrected chi connectivity index (χ1v) is 11.9. The third-order valence-corrected chi connectivity index (χ3v) is 5.73. The Morgan fingerprint density at radius 2 is 1.36 bits per heavy atom. The molecule has 188 valence electrons. The van der Waals surface area contributed by atoms with Crippen molar-refractivity contribution in [1.82, 2.24) is 10.6 Å². The van der Waals surface area contributed by atoms with E-state index in [-0.39, 0.29) is 24.7 Å². The second-order valence-corrected chi connectivity index (χ2v) is 8.77. The maximum Gasteiger partial charge on any atom is 0.408 e. The minimum absolute atomic E-state index is 0.0803. The number of hydrogen-bond donors (Lipinski definition) is 2. The van der Waals surface area contributed by atoms with Gasteiger partial charge in [-0.2, -0.15) is 0 Å². The molecule has 0 spiro atoms. The Kier molecular flexibility index (Phi) is 9.63. The first-order valence-electron chi connectivity index (χ1n) is 11.9. The fraction of sp³-hybridized carbons (Fsp3) is 0.276. The fourth-order valence-corrected chi connectivity index (χ4v) is 3.69. The molecule has 0 aromatic heterocycles. The number of Topliss-reactive ketones (excluding diaryl/α,β-unsaturated/α-hetero) is 1. The number of ketones is 1. The van der Waals surface area contributed by atoms with Crippen LogP contribution in [-0.2, 0) is 22.6 Å². The lowest BCUT2D eigenvalue weighted by atomic mass is 9.94. The van der Waals surface area contributed by atoms with Crippen molar-refractivity contribution in [2.24, 2.45) is 5.92 Å². The van der Waals surface area contributed by atoms with E-state index in [1.54, 1.807) is 31.4 Å². The molecular weight excluding hydrogens is 456 g/mol. The third-order valence-electron chi connectivity index (χ3n) is 5.73. The van der Waals surface area contributed by atoms with Crippen molar-refractivity contribution in [2.45, 2.75) is 39.0 Å². The Labute approximate surface area is 211 Å². The topological polar surface area (TPSA) is 93.7 Å². The van der Waals surface area contributed by atoms with Crippen LogP contribution < -0.4 is 15.4 Å². The summed E-state index contributed by atoms with van der Waals surface area (Å²) in [6, 6.07) is 23.7. The molecule has 0 fully saturated rings. The minimum Gasteiger partial charge on any atom is -0.497 e. The molecule has 7 heteroatoms. The van der Waals surface area contributed by atoms with Crippen LogP contribution in [0, 0.1) is 5.92 Å². The molecule has 2 atom stereocenters. The van der Waals surface area contributed by atoms with Crippen molar-refractivity contribution in [2.75, 3.05) is 7.11 Å². The molecule has 0 radical (unpaired) electrons. The average molecular weight is 489 g/mol. The van der Waals surface area contributed by atoms with Crippen LogP contribution in [0.2, 0.25) is 0 Å². The molecule has 3 aromatic carbocycles. The van der Waals surface area contributed by atoms with Gasteiger partial charge in [0, 0.05) is 12.0 Å². The van der Waals surface area contributed by atoms with Gasteiger partial charge < -0.3 is 20.1 Å². The molecule has 0 bridgehead atoms. The van der Waals surface area contributed by atoms with Crippen molar-refractivity contribution in [3.8, 4) is 5.75 Å². The van der Waals surface area contributed by atoms with E-state index in [1.807, 2.05) is 74.5 Å². The van der Waals surface area contributed by atoms with Crippen LogP contribution in [-0.4, -0.2) is 37.0 Å². The van der Waals surface area contributed by atoms with E-state index in [2.05, 4.69) is 10.6 Å². The molecule has 3 rings (SSSR count). The van der Waals surface area contributed by atoms with E-state index >= 15 is 0 Å². The zero-order valence-electron chi connectivity index (χ0n) is 20.8. The lowest BCUT2D eigenvalue weighted by Gasteiger charge is -2.25. The van der Waals surface area contributed by atoms with Crippen LogP contribution in [0.1, 0.15) is 35.3 Å². The summed E-state index contributed by atoms with van der Waals surface area (Å²) >= 11 is 0. The zero-order chi connectivity index (χ0) is 25.9. The van der Waals surface area contributed by atoms with E-state index in [0.29, 0.717) is 11.3 Å². The summed E-state index contributed by atoms with van der Waals surface area (Å²) in [7, 11) is 1.55. The van der Waals surface area contributed by atoms with Gasteiger partial charge in [-0.3, -0.25) is 9.59 Å². The van der Waals surface area contributed by atoms with Gasteiger partial charge >= 0.3 is 6.09 Å². The SMILES string of the molecule is COc1ccc(C(=O)[C@@H](NC(=O)[C@H](Cc2ccccc2)NC(=O)OCc2ccccc2)C(C)C)cc1. The fourth-order valence-electron chi connectivity index (χ4n) is 3.69. The summed E-state index contributed by atoms with van der Waals surface area (Å²) < 4.78 is 10.5. The highest BCUT2D eigenvalue weighted by molar-refractivity contribution is 6.02. The Hall–Kier alpha value is -4.13. The summed E-state index contributed by atoms with van der Waals surface area (Å²) in [5, 5.41) is 5.53. The second kappa shape index (κ2) is 13.1. The van der Waals surface area contributed by atoms with E-state index in [0.717, 1.165) is 11.1 Å². The second-order valence-electron chi connectivity index (χ2n) is 8.77. The van der Waals surface area contributed by atoms with E-state index in [9.17, 15) is 14.4 Å². The highest BCUT2D eigenvalue weighted by Gasteiger charge is 2.30. The molecule has 0 unspecified atom stereocenters. The maximum atomic E-state index is 13.4. The van der Waals surface area contributed by atoms with Gasteiger partial charge in [0.1, 0.15) is 18.4 Å². The number of benzene rings is 3. The minimum atomic E-state index is -0.930. The van der Waals surface area contributed by atoms with Gasteiger partial charge in [0.25, 0.3) is 0 Å². The monoisotopic (exact) mass is 488 g/mol. The predicted molar refractivity (Wildman–Crippen MR) is 138 cm³/mol. The van der Waals surface area contributed by atoms with Crippen LogP contribution in [0.5, 0.6) is 5.75 Å². The molecule has 3 aromatic rings. The molecule has 2 N–H and O–H groups in total. The number of carbonyl (C=O) groups excluding carboxylic acids is 3. The van der Waals surface area contributed by atoms with Crippen LogP contribution in [0.3, 0.4) is 0 Å². The van der Waals surface area contributed by atoms with Crippen LogP contribution in [0.15, 0.2) is 84.9 Å². The lowest BCUT2D eigenvalue weighted by Crippen LogP contribution is -2.54. The number of nitrogens with one attached hydrogen (secondary N) is 2. The Balaban J connectivity index is 1.73. The van der Waals surface area contributed by atoms with Gasteiger partial charge in [-0.15, -0.1) is 0 Å². The third kappa shape index (κ3) is 7.70. The lowest BCUT2D eigenvalue weighted by molar-refractivity contribution is -0.123. The smallest absolute Gasteiger partial charge is 0.408 e. The first kappa shape index (κ1) is 26.5. The van der Waals surface area contributed by atoms with Gasteiger partial charge in [-0.05, 0) is 41.3 Å². The standard InChI is InChI=1S/C29H32N2O5/c1-20(2)26(27(32)23-14-16-24(35-3)17-15-23)31-28(33)25(18-21-10-6-4-7-11-21)30-29(34)36-19-22-12-8-5-9-13-22/h4-17,20,25-26H,18-19H2,1-3H3,(H,30,34)(H,31,33)/t25-,26-/m0/s1. The number of ether oxygens (including phenoxy) is 2. The average Bonchev–Trinajstić information content (AvgIpc) is 2.90. The quantitative estimate of drug-likeness (QED) is 0.386. The van der Waals surface area contributed by atoms with Gasteiger partial charge in [-0.25, -0.2) is 4.79 Å². The summed E-state index contributed by atoms with van der Waals surface area (Å²) in [5.41, 5.74) is 2.16. The highest BCUT2D eigenvalue weighted by atomic mass is 16.5. The van der Waals surface area contributed by atoms with Crippen LogP contribution in [0.25, 0.3) is 0 Å². The van der Waals surface area contributed by atoms with Crippen molar-refractivity contribution in [3.05, 3.63) is 102 Å². The Morgan fingerprint density at radius 3 is 1.92 bits per heavy atom. The molecular formula is C29H32N2O5. The molecule has 0 saturated carbocycles. The number of alkyl carbamates (subject to hydrolysis) is 1. The van der Waals surface area contributed by atoms with Crippen molar-refractivity contribution in [3.63, 3.8) is 0 Å². The van der Waals surface area contributed by atoms with Gasteiger partial charge in [0.05, 0.1) is 13.2 Å². The van der Waals surface area contributed by atoms with Crippen molar-refractivity contribution >= 4 is 17.8 Å². The molecule has 0 aliphatic carbocycles. The number of amides is 2. The molecule has 0 heterocycles. The first-order chi connectivity index (χ1) is 17.4. The van der Waals surface area contributed by atoms with Crippen molar-refractivity contribution < 1.29 is 23.9 Å². The zero-order valence-corrected chi connectivity index (χ0v) is 20.8. The number of methoxy groups -OCH3 is 1. The molecule has 7 nitrogen and oxygen atoms in total. The Bertz CT molecular complexity index is 1130. The summed E-state index contributed by atoms with van der Waals surface area (Å²) in [6.07, 6.45) is -0.466. The summed E-state index contributed by atoms with van der Waals surface area (Å²) in [6.45, 7) is 3.80. The van der Waals surface area contributed by atoms with Crippen LogP contribution in [0.4, 0.5) is 4.79 Å². The normalized spacial score (nSPS) is 12.3. The highest BCUT2D eigenvalue weighted by Crippen LogP contribution is 2.16. The maximum absolute atomic E-state index is 13.4. The molecule has 36 heavy (non-hydrogen) atoms. The molecule has 0 aliphatic rings. The molecule has 0 saturated heterocycles. The van der Waals surface area contributed by atoms with E-state index in [1.165, 1.54) is 0 Å². The summed E-state index contributed by atoms with van der Waals surface area (Å²) in [5.74, 6) is -0.217. The Morgan fingerprint density at radius 1 is 0.778 bits per heavy atom. The van der Waals surface area contributed by atoms with E-state index in [4.69, 9.17) is 9.47 Å². The number of carbonyl (C=O) groups is 3. The number of rotatable bonds is 11.